The number of pyridine rings is 1. The van der Waals surface area contributed by atoms with E-state index < -0.39 is 0 Å². The van der Waals surface area contributed by atoms with Gasteiger partial charge in [-0.2, -0.15) is 0 Å². The zero-order valence-electron chi connectivity index (χ0n) is 28.4. The minimum absolute atomic E-state index is 0.180. The fourth-order valence-electron chi connectivity index (χ4n) is 8.43. The number of aromatic nitrogens is 3. The van der Waals surface area contributed by atoms with Crippen LogP contribution in [0.2, 0.25) is 0 Å². The van der Waals surface area contributed by atoms with Gasteiger partial charge in [-0.25, -0.2) is 15.0 Å². The fourth-order valence-corrected chi connectivity index (χ4v) is 8.43. The Morgan fingerprint density at radius 3 is 1.67 bits per heavy atom. The summed E-state index contributed by atoms with van der Waals surface area (Å²) in [5.74, 6) is 0.724. The lowest BCUT2D eigenvalue weighted by Gasteiger charge is -2.25. The smallest absolute Gasteiger partial charge is 0.159 e. The molecular weight excluding hydrogens is 619 g/mol. The van der Waals surface area contributed by atoms with Crippen molar-refractivity contribution < 1.29 is 0 Å². The molecule has 240 valence electrons. The van der Waals surface area contributed by atoms with E-state index in [4.69, 9.17) is 9.97 Å². The quantitative estimate of drug-likeness (QED) is 0.178. The minimum atomic E-state index is -0.180. The zero-order chi connectivity index (χ0) is 34.1. The Morgan fingerprint density at radius 2 is 0.980 bits per heavy atom. The van der Waals surface area contributed by atoms with Crippen LogP contribution in [0.5, 0.6) is 0 Å². The molecule has 2 aromatic heterocycles. The Balaban J connectivity index is 1.18. The highest BCUT2D eigenvalue weighted by Crippen LogP contribution is 2.53. The highest BCUT2D eigenvalue weighted by Gasteiger charge is 2.39. The second-order valence-electron chi connectivity index (χ2n) is 13.9. The molecule has 10 rings (SSSR count). The number of para-hydroxylation sites is 1. The van der Waals surface area contributed by atoms with E-state index in [9.17, 15) is 0 Å². The highest BCUT2D eigenvalue weighted by molar-refractivity contribution is 6.21. The molecule has 1 aliphatic rings. The van der Waals surface area contributed by atoms with Crippen LogP contribution in [-0.2, 0) is 5.41 Å². The van der Waals surface area contributed by atoms with E-state index in [1.807, 2.05) is 30.5 Å². The van der Waals surface area contributed by atoms with Crippen LogP contribution in [0.25, 0.3) is 88.6 Å². The van der Waals surface area contributed by atoms with E-state index in [2.05, 4.69) is 152 Å². The maximum absolute atomic E-state index is 5.26. The molecule has 0 saturated heterocycles. The molecule has 0 atom stereocenters. The van der Waals surface area contributed by atoms with Gasteiger partial charge in [0.15, 0.2) is 5.82 Å². The predicted molar refractivity (Wildman–Crippen MR) is 212 cm³/mol. The topological polar surface area (TPSA) is 38.7 Å². The number of hydrogen-bond donors (Lipinski definition) is 0. The number of hydrogen-bond acceptors (Lipinski definition) is 3. The van der Waals surface area contributed by atoms with E-state index in [0.29, 0.717) is 0 Å². The first kappa shape index (κ1) is 29.5. The van der Waals surface area contributed by atoms with Crippen molar-refractivity contribution in [2.75, 3.05) is 0 Å². The molecule has 0 N–H and O–H groups in total. The van der Waals surface area contributed by atoms with Crippen LogP contribution >= 0.6 is 0 Å². The van der Waals surface area contributed by atoms with Crippen LogP contribution in [0.1, 0.15) is 25.0 Å². The molecule has 7 aromatic carbocycles. The van der Waals surface area contributed by atoms with Crippen molar-refractivity contribution in [3.05, 3.63) is 175 Å². The van der Waals surface area contributed by atoms with Crippen molar-refractivity contribution in [3.63, 3.8) is 0 Å². The summed E-state index contributed by atoms with van der Waals surface area (Å²) >= 11 is 0. The lowest BCUT2D eigenvalue weighted by Crippen LogP contribution is -2.16. The molecule has 3 nitrogen and oxygen atoms in total. The summed E-state index contributed by atoms with van der Waals surface area (Å²) in [6.07, 6.45) is 1.88. The van der Waals surface area contributed by atoms with Crippen LogP contribution < -0.4 is 0 Å². The van der Waals surface area contributed by atoms with Crippen molar-refractivity contribution >= 4 is 32.4 Å². The summed E-state index contributed by atoms with van der Waals surface area (Å²) in [4.78, 5) is 15.0. The summed E-state index contributed by atoms with van der Waals surface area (Å²) < 4.78 is 0. The van der Waals surface area contributed by atoms with Gasteiger partial charge in [0.2, 0.25) is 0 Å². The minimum Gasteiger partial charge on any atom is -0.247 e. The molecule has 2 heterocycles. The van der Waals surface area contributed by atoms with E-state index >= 15 is 0 Å². The first-order valence-electron chi connectivity index (χ1n) is 17.5. The van der Waals surface area contributed by atoms with Crippen LogP contribution in [0.15, 0.2) is 164 Å². The SMILES string of the molecule is CC1(C)c2ccccc2-c2nc3ccccc3c(-c3ccc(-c4c5ccccc5c(-c5ccnc(-c6ccccc6)n5)c5ccccc45)cc3)c21. The molecule has 0 bridgehead atoms. The lowest BCUT2D eigenvalue weighted by molar-refractivity contribution is 0.662. The maximum Gasteiger partial charge on any atom is 0.159 e. The van der Waals surface area contributed by atoms with Crippen LogP contribution in [0.4, 0.5) is 0 Å². The van der Waals surface area contributed by atoms with Gasteiger partial charge in [-0.3, -0.25) is 0 Å². The Kier molecular flexibility index (Phi) is 6.53. The third-order valence-corrected chi connectivity index (χ3v) is 10.7. The standard InChI is InChI=1S/C48H33N3/c1-48(2)39-22-12-10-20-37(39)46-45(48)43(38-21-11-13-23-40(38)50-46)31-26-24-30(25-27-31)42-33-16-6-8-18-35(33)44(36-19-9-7-17-34(36)42)41-28-29-49-47(51-41)32-14-4-3-5-15-32/h3-29H,1-2H3. The molecule has 0 aliphatic heterocycles. The first-order chi connectivity index (χ1) is 25.1. The predicted octanol–water partition coefficient (Wildman–Crippen LogP) is 12.3. The van der Waals surface area contributed by atoms with Gasteiger partial charge in [0.25, 0.3) is 0 Å². The third kappa shape index (κ3) is 4.48. The summed E-state index contributed by atoms with van der Waals surface area (Å²) in [5, 5.41) is 5.93. The fraction of sp³-hybridized carbons (Fsp3) is 0.0625. The van der Waals surface area contributed by atoms with Gasteiger partial charge >= 0.3 is 0 Å². The van der Waals surface area contributed by atoms with Crippen LogP contribution in [0, 0.1) is 0 Å². The number of fused-ring (bicyclic) bond motifs is 6. The van der Waals surface area contributed by atoms with Gasteiger partial charge in [-0.05, 0) is 67.1 Å². The summed E-state index contributed by atoms with van der Waals surface area (Å²) in [6.45, 7) is 4.68. The Hall–Kier alpha value is -6.45. The second kappa shape index (κ2) is 11.3. The van der Waals surface area contributed by atoms with Gasteiger partial charge in [0.05, 0.1) is 16.9 Å². The van der Waals surface area contributed by atoms with Crippen LogP contribution in [-0.4, -0.2) is 15.0 Å². The lowest BCUT2D eigenvalue weighted by atomic mass is 9.78. The molecule has 3 heteroatoms. The van der Waals surface area contributed by atoms with Gasteiger partial charge in [-0.15, -0.1) is 0 Å². The zero-order valence-corrected chi connectivity index (χ0v) is 28.4. The molecule has 0 amide bonds. The Labute approximate surface area is 297 Å². The molecule has 1 aliphatic carbocycles. The Bertz CT molecular complexity index is 2760. The summed E-state index contributed by atoms with van der Waals surface area (Å²) in [5.41, 5.74) is 13.7. The average molecular weight is 652 g/mol. The number of benzene rings is 7. The molecule has 0 saturated carbocycles. The summed E-state index contributed by atoms with van der Waals surface area (Å²) in [7, 11) is 0. The van der Waals surface area contributed by atoms with E-state index in [-0.39, 0.29) is 5.41 Å². The van der Waals surface area contributed by atoms with Gasteiger partial charge in [-0.1, -0.05) is 159 Å². The largest absolute Gasteiger partial charge is 0.247 e. The van der Waals surface area contributed by atoms with Crippen molar-refractivity contribution in [1.29, 1.82) is 0 Å². The van der Waals surface area contributed by atoms with Gasteiger partial charge < -0.3 is 0 Å². The molecule has 0 fully saturated rings. The Morgan fingerprint density at radius 1 is 0.431 bits per heavy atom. The molecular formula is C48H33N3. The molecule has 0 spiro atoms. The number of rotatable bonds is 4. The molecule has 0 radical (unpaired) electrons. The third-order valence-electron chi connectivity index (χ3n) is 10.7. The monoisotopic (exact) mass is 651 g/mol. The van der Waals surface area contributed by atoms with Crippen molar-refractivity contribution in [2.24, 2.45) is 0 Å². The second-order valence-corrected chi connectivity index (χ2v) is 13.9. The molecule has 9 aromatic rings. The van der Waals surface area contributed by atoms with Crippen molar-refractivity contribution in [1.82, 2.24) is 15.0 Å². The molecule has 51 heavy (non-hydrogen) atoms. The maximum atomic E-state index is 5.26. The summed E-state index contributed by atoms with van der Waals surface area (Å²) in [6, 6.07) is 56.3. The van der Waals surface area contributed by atoms with E-state index in [0.717, 1.165) is 33.9 Å². The van der Waals surface area contributed by atoms with E-state index in [1.165, 1.54) is 65.9 Å². The number of nitrogens with zero attached hydrogens (tertiary/aromatic N) is 3. The van der Waals surface area contributed by atoms with E-state index in [1.54, 1.807) is 0 Å². The normalized spacial score (nSPS) is 13.1. The van der Waals surface area contributed by atoms with Crippen molar-refractivity contribution in [2.45, 2.75) is 19.3 Å². The van der Waals surface area contributed by atoms with Gasteiger partial charge in [0.1, 0.15) is 0 Å². The molecule has 0 unspecified atom stereocenters. The van der Waals surface area contributed by atoms with Crippen LogP contribution in [0.3, 0.4) is 0 Å². The first-order valence-corrected chi connectivity index (χ1v) is 17.5. The average Bonchev–Trinajstić information content (AvgIpc) is 3.42. The van der Waals surface area contributed by atoms with Crippen molar-refractivity contribution in [3.8, 4) is 56.2 Å². The van der Waals surface area contributed by atoms with Gasteiger partial charge in [0, 0.05) is 33.7 Å². The highest BCUT2D eigenvalue weighted by atomic mass is 14.9.